The Morgan fingerprint density at radius 1 is 0.771 bits per heavy atom. The summed E-state index contributed by atoms with van der Waals surface area (Å²) in [6.45, 7) is 6.54. The summed E-state index contributed by atoms with van der Waals surface area (Å²) in [5, 5.41) is 32.5. The van der Waals surface area contributed by atoms with Gasteiger partial charge in [0.05, 0.1) is 30.1 Å². The molecule has 5 aliphatic rings. The number of rotatable bonds is 13. The van der Waals surface area contributed by atoms with Crippen molar-refractivity contribution < 1.29 is 34.1 Å². The Kier molecular flexibility index (Phi) is 12.3. The molecule has 6 heterocycles. The van der Waals surface area contributed by atoms with Gasteiger partial charge in [0.1, 0.15) is 24.6 Å². The predicted molar refractivity (Wildman–Crippen MR) is 268 cm³/mol. The van der Waals surface area contributed by atoms with E-state index in [9.17, 15) is 29.4 Å². The zero-order chi connectivity index (χ0) is 48.2. The first kappa shape index (κ1) is 45.7. The highest BCUT2D eigenvalue weighted by molar-refractivity contribution is 6.30. The molecule has 0 bridgehead atoms. The molecular weight excluding hydrogens is 902 g/mol. The van der Waals surface area contributed by atoms with Crippen LogP contribution in [0, 0.1) is 6.92 Å². The van der Waals surface area contributed by atoms with Gasteiger partial charge in [-0.1, -0.05) is 23.7 Å². The second kappa shape index (κ2) is 18.9. The third kappa shape index (κ3) is 8.14. The Hall–Kier alpha value is -6.76. The molecule has 0 fully saturated rings. The number of nitrogens with one attached hydrogen (secondary N) is 2. The molecule has 70 heavy (non-hydrogen) atoms. The number of fused-ring (bicyclic) bond motifs is 5. The lowest BCUT2D eigenvalue weighted by molar-refractivity contribution is -0.255. The molecule has 13 heteroatoms. The van der Waals surface area contributed by atoms with Gasteiger partial charge >= 0.3 is 0 Å². The topological polar surface area (TPSA) is 156 Å². The van der Waals surface area contributed by atoms with Gasteiger partial charge in [0.15, 0.2) is 0 Å². The Labute approximate surface area is 411 Å². The molecule has 12 nitrogen and oxygen atoms in total. The number of carbonyl (C=O) groups is 4. The van der Waals surface area contributed by atoms with Crippen LogP contribution in [0.3, 0.4) is 0 Å². The van der Waals surface area contributed by atoms with Crippen LogP contribution in [0.25, 0.3) is 16.5 Å². The van der Waals surface area contributed by atoms with Gasteiger partial charge in [-0.15, -0.1) is 0 Å². The number of unbranched alkanes of at least 4 members (excludes halogenated alkanes) is 2. The molecule has 0 saturated carbocycles. The number of nitrogens with zero attached hydrogens (tertiary/aromatic N) is 3. The first-order valence-corrected chi connectivity index (χ1v) is 25.3. The number of carbonyl (C=O) groups excluding carboxylic acids is 4. The number of hydrogen-bond donors (Lipinski definition) is 3. The van der Waals surface area contributed by atoms with Crippen molar-refractivity contribution in [1.82, 2.24) is 19.8 Å². The maximum atomic E-state index is 14.0. The number of carboxylic acids is 1. The molecule has 6 aromatic rings. The number of aromatic carboxylic acids is 1. The second-order valence-corrected chi connectivity index (χ2v) is 19.9. The molecular formula is C57H56ClN5O7. The van der Waals surface area contributed by atoms with E-state index in [4.69, 9.17) is 16.3 Å². The number of amides is 2. The minimum Gasteiger partial charge on any atom is -0.545 e. The number of aromatic nitrogens is 1. The van der Waals surface area contributed by atoms with Gasteiger partial charge in [0.25, 0.3) is 11.8 Å². The van der Waals surface area contributed by atoms with Gasteiger partial charge < -0.3 is 35.3 Å². The summed E-state index contributed by atoms with van der Waals surface area (Å²) in [6.07, 6.45) is 9.93. The fourth-order valence-electron chi connectivity index (χ4n) is 11.9. The summed E-state index contributed by atoms with van der Waals surface area (Å²) in [5.41, 5.74) is 11.9. The van der Waals surface area contributed by atoms with Crippen molar-refractivity contribution >= 4 is 57.5 Å². The number of aryl methyl sites for hydroxylation is 2. The van der Waals surface area contributed by atoms with E-state index in [-0.39, 0.29) is 36.3 Å². The summed E-state index contributed by atoms with van der Waals surface area (Å²) in [5.74, 6) is -0.393. The standard InChI is InChI=1S/C57H56ClN5O7/c1-33-43(44-27-34(32-64)13-20-48(44)63(33)56(67)35-14-17-39(58)18-15-35)31-49(65)59-21-3-2-4-22-60-55(66)38-16-19-40(57(68)69)45(30-38)50-46-28-36-9-5-23-61-25-7-11-41(51(36)61)53(46)70-54-42-12-8-26-62-24-6-10-37(52(42)62)29-47(50)54/h13-20,27-30,64H,2-12,21-26,31-32H2,1H3,(H2-,59,60,65,66,68,69). The van der Waals surface area contributed by atoms with E-state index in [1.165, 1.54) is 39.4 Å². The molecule has 3 N–H and O–H groups in total. The third-order valence-electron chi connectivity index (χ3n) is 15.1. The molecule has 2 amide bonds. The largest absolute Gasteiger partial charge is 0.545 e. The molecule has 0 aliphatic carbocycles. The van der Waals surface area contributed by atoms with Gasteiger partial charge in [-0.2, -0.15) is 0 Å². The molecule has 11 rings (SSSR count). The highest BCUT2D eigenvalue weighted by Gasteiger charge is 2.36. The van der Waals surface area contributed by atoms with Crippen LogP contribution < -0.4 is 40.5 Å². The number of aliphatic hydroxyl groups is 1. The predicted octanol–water partition coefficient (Wildman–Crippen LogP) is 5.84. The molecule has 5 aromatic carbocycles. The number of anilines is 1. The number of halogens is 1. The lowest BCUT2D eigenvalue weighted by Gasteiger charge is -2.39. The fourth-order valence-corrected chi connectivity index (χ4v) is 12.0. The molecule has 0 spiro atoms. The number of benzene rings is 5. The van der Waals surface area contributed by atoms with Gasteiger partial charge in [-0.3, -0.25) is 19.0 Å². The van der Waals surface area contributed by atoms with E-state index >= 15 is 0 Å². The van der Waals surface area contributed by atoms with Gasteiger partial charge in [-0.05, 0) is 148 Å². The summed E-state index contributed by atoms with van der Waals surface area (Å²) in [6, 6.07) is 21.4. The number of ether oxygens (including phenoxy) is 1. The minimum absolute atomic E-state index is 0.0376. The fraction of sp³-hybridized carbons (Fsp3) is 0.351. The highest BCUT2D eigenvalue weighted by atomic mass is 35.5. The van der Waals surface area contributed by atoms with E-state index in [1.54, 1.807) is 53.1 Å². The molecule has 0 atom stereocenters. The first-order valence-electron chi connectivity index (χ1n) is 25.0. The van der Waals surface area contributed by atoms with Crippen molar-refractivity contribution in [1.29, 1.82) is 0 Å². The Bertz CT molecular complexity index is 3310. The van der Waals surface area contributed by atoms with Crippen LogP contribution in [0.5, 0.6) is 11.5 Å². The smallest absolute Gasteiger partial charge is 0.262 e. The average molecular weight is 959 g/mol. The maximum absolute atomic E-state index is 14.0. The van der Waals surface area contributed by atoms with Crippen LogP contribution in [-0.4, -0.2) is 72.6 Å². The van der Waals surface area contributed by atoms with Gasteiger partial charge in [0, 0.05) is 105 Å². The van der Waals surface area contributed by atoms with E-state index in [2.05, 4.69) is 32.2 Å². The normalized spacial score (nSPS) is 15.4. The van der Waals surface area contributed by atoms with Crippen LogP contribution in [0.4, 0.5) is 5.69 Å². The Morgan fingerprint density at radius 3 is 2.29 bits per heavy atom. The lowest BCUT2D eigenvalue weighted by atomic mass is 9.81. The Balaban J connectivity index is 0.804. The Morgan fingerprint density at radius 2 is 1.50 bits per heavy atom. The van der Waals surface area contributed by atoms with E-state index < -0.39 is 5.97 Å². The van der Waals surface area contributed by atoms with Crippen molar-refractivity contribution in [2.24, 2.45) is 0 Å². The molecule has 1 aromatic heterocycles. The summed E-state index contributed by atoms with van der Waals surface area (Å²) in [7, 11) is 0. The molecule has 5 aliphatic heterocycles. The third-order valence-corrected chi connectivity index (χ3v) is 15.4. The minimum atomic E-state index is -1.30. The maximum Gasteiger partial charge on any atom is 0.262 e. The lowest BCUT2D eigenvalue weighted by Crippen LogP contribution is -2.45. The SMILES string of the molecule is Cc1c(CC(=O)NCCCCCNC(=O)c2ccc(C(=O)[O-])c(C3=c4cc5c6c(c4Oc4c3cc3c7c4CCCN7CCC3)CCC[N+]=6CCC5)c2)c2cc(CO)ccc2n1C(=O)c1ccc(Cl)cc1. The van der Waals surface area contributed by atoms with Crippen molar-refractivity contribution in [3.8, 4) is 11.5 Å². The van der Waals surface area contributed by atoms with Crippen molar-refractivity contribution in [3.05, 3.63) is 155 Å². The zero-order valence-electron chi connectivity index (χ0n) is 39.5. The van der Waals surface area contributed by atoms with Crippen LogP contribution in [-0.2, 0) is 43.5 Å². The summed E-state index contributed by atoms with van der Waals surface area (Å²) >= 11 is 6.08. The van der Waals surface area contributed by atoms with E-state index in [1.807, 2.05) is 13.0 Å². The number of hydrogen-bond acceptors (Lipinski definition) is 8. The first-order chi connectivity index (χ1) is 34.1. The van der Waals surface area contributed by atoms with Gasteiger partial charge in [0.2, 0.25) is 11.3 Å². The molecule has 0 radical (unpaired) electrons. The highest BCUT2D eigenvalue weighted by Crippen LogP contribution is 2.49. The molecule has 0 saturated heterocycles. The van der Waals surface area contributed by atoms with Crippen molar-refractivity contribution in [3.63, 3.8) is 0 Å². The van der Waals surface area contributed by atoms with Crippen molar-refractivity contribution in [2.75, 3.05) is 44.2 Å². The zero-order valence-corrected chi connectivity index (χ0v) is 40.2. The number of aliphatic hydroxyl groups excluding tert-OH is 1. The van der Waals surface area contributed by atoms with Crippen molar-refractivity contribution in [2.45, 2.75) is 90.6 Å². The second-order valence-electron chi connectivity index (χ2n) is 19.5. The quantitative estimate of drug-likeness (QED) is 0.0963. The van der Waals surface area contributed by atoms with Crippen LogP contribution in [0.2, 0.25) is 5.02 Å². The van der Waals surface area contributed by atoms with E-state index in [0.717, 1.165) is 117 Å². The van der Waals surface area contributed by atoms with Crippen LogP contribution >= 0.6 is 11.6 Å². The average Bonchev–Trinajstić information content (AvgIpc) is 3.64. The summed E-state index contributed by atoms with van der Waals surface area (Å²) in [4.78, 5) is 56.6. The summed E-state index contributed by atoms with van der Waals surface area (Å²) < 4.78 is 11.3. The van der Waals surface area contributed by atoms with Crippen LogP contribution in [0.1, 0.15) is 126 Å². The number of carboxylic acid groups (broad SMARTS) is 1. The van der Waals surface area contributed by atoms with E-state index in [0.29, 0.717) is 70.0 Å². The molecule has 358 valence electrons. The monoisotopic (exact) mass is 957 g/mol. The van der Waals surface area contributed by atoms with Gasteiger partial charge in [-0.25, -0.2) is 4.58 Å². The van der Waals surface area contributed by atoms with Crippen LogP contribution in [0.15, 0.2) is 72.8 Å². The molecule has 0 unspecified atom stereocenters.